The van der Waals surface area contributed by atoms with Crippen molar-refractivity contribution in [3.63, 3.8) is 0 Å². The van der Waals surface area contributed by atoms with Gasteiger partial charge in [0.25, 0.3) is 5.91 Å². The van der Waals surface area contributed by atoms with Crippen molar-refractivity contribution in [2.24, 2.45) is 10.2 Å². The summed E-state index contributed by atoms with van der Waals surface area (Å²) in [5.74, 6) is 1.38. The minimum Gasteiger partial charge on any atom is -0.493 e. The third kappa shape index (κ3) is 4.24. The molecule has 28 heavy (non-hydrogen) atoms. The Labute approximate surface area is 161 Å². The van der Waals surface area contributed by atoms with Crippen molar-refractivity contribution in [2.45, 2.75) is 13.0 Å². The van der Waals surface area contributed by atoms with Crippen LogP contribution in [-0.2, 0) is 22.6 Å². The largest absolute Gasteiger partial charge is 0.493 e. The van der Waals surface area contributed by atoms with Gasteiger partial charge in [0.1, 0.15) is 6.54 Å². The summed E-state index contributed by atoms with van der Waals surface area (Å²) in [5.41, 5.74) is 1.70. The van der Waals surface area contributed by atoms with Crippen molar-refractivity contribution in [1.82, 2.24) is 9.88 Å². The molecule has 0 spiro atoms. The molecular formula is C21H18N4O3. The first-order chi connectivity index (χ1) is 13.6. The van der Waals surface area contributed by atoms with Crippen LogP contribution in [0.5, 0.6) is 5.88 Å². The van der Waals surface area contributed by atoms with Gasteiger partial charge in [0.05, 0.1) is 18.5 Å². The van der Waals surface area contributed by atoms with Crippen LogP contribution < -0.4 is 5.32 Å². The number of benzene rings is 2. The lowest BCUT2D eigenvalue weighted by Crippen LogP contribution is -2.29. The number of carbonyl (C=O) groups excluding carboxylic acids is 2. The smallest absolute Gasteiger partial charge is 0.283 e. The molecule has 0 saturated heterocycles. The molecule has 0 aliphatic carbocycles. The summed E-state index contributed by atoms with van der Waals surface area (Å²) in [6.07, 6.45) is 5.52. The highest BCUT2D eigenvalue weighted by molar-refractivity contribution is 5.95. The summed E-state index contributed by atoms with van der Waals surface area (Å²) in [7, 11) is 0. The predicted molar refractivity (Wildman–Crippen MR) is 105 cm³/mol. The van der Waals surface area contributed by atoms with Crippen LogP contribution in [0.1, 0.15) is 5.56 Å². The molecule has 0 radical (unpaired) electrons. The average Bonchev–Trinajstić information content (AvgIpc) is 2.97. The van der Waals surface area contributed by atoms with Crippen LogP contribution in [0.25, 0.3) is 10.9 Å². The molecule has 0 aliphatic heterocycles. The number of fused-ring (bicyclic) bond motifs is 1. The van der Waals surface area contributed by atoms with Crippen molar-refractivity contribution >= 4 is 28.4 Å². The lowest BCUT2D eigenvalue weighted by atomic mass is 10.1. The Morgan fingerprint density at radius 2 is 1.82 bits per heavy atom. The fourth-order valence-corrected chi connectivity index (χ4v) is 2.78. The number of para-hydroxylation sites is 1. The lowest BCUT2D eigenvalue weighted by molar-refractivity contribution is -0.124. The molecule has 0 unspecified atom stereocenters. The Kier molecular flexibility index (Phi) is 5.82. The molecule has 2 N–H and O–H groups in total. The van der Waals surface area contributed by atoms with Crippen molar-refractivity contribution in [3.8, 4) is 18.2 Å². The van der Waals surface area contributed by atoms with Crippen molar-refractivity contribution in [2.75, 3.05) is 6.54 Å². The first kappa shape index (κ1) is 18.9. The number of azo groups is 1. The SMILES string of the molecule is C#CCn1c(O)c(N=NC(=O)CNC(=O)Cc2ccccc2)c2ccccc21. The average molecular weight is 374 g/mol. The molecule has 0 aliphatic rings. The number of aromatic hydroxyl groups is 1. The highest BCUT2D eigenvalue weighted by Gasteiger charge is 2.16. The molecule has 140 valence electrons. The van der Waals surface area contributed by atoms with Crippen LogP contribution in [0.15, 0.2) is 64.8 Å². The highest BCUT2D eigenvalue weighted by Crippen LogP contribution is 2.38. The monoisotopic (exact) mass is 374 g/mol. The number of aromatic nitrogens is 1. The van der Waals surface area contributed by atoms with E-state index in [1.807, 2.05) is 36.4 Å². The zero-order valence-corrected chi connectivity index (χ0v) is 15.0. The third-order valence-corrected chi connectivity index (χ3v) is 4.07. The summed E-state index contributed by atoms with van der Waals surface area (Å²) in [6.45, 7) is -0.121. The van der Waals surface area contributed by atoms with Gasteiger partial charge in [-0.25, -0.2) is 0 Å². The second-order valence-corrected chi connectivity index (χ2v) is 6.01. The minimum atomic E-state index is -0.630. The zero-order valence-electron chi connectivity index (χ0n) is 15.0. The summed E-state index contributed by atoms with van der Waals surface area (Å²) in [6, 6.07) is 16.3. The van der Waals surface area contributed by atoms with Gasteiger partial charge in [-0.2, -0.15) is 0 Å². The number of amides is 2. The van der Waals surface area contributed by atoms with Gasteiger partial charge >= 0.3 is 0 Å². The van der Waals surface area contributed by atoms with E-state index in [9.17, 15) is 14.7 Å². The van der Waals surface area contributed by atoms with Crippen LogP contribution in [-0.4, -0.2) is 28.0 Å². The first-order valence-corrected chi connectivity index (χ1v) is 8.59. The lowest BCUT2D eigenvalue weighted by Gasteiger charge is -2.02. The van der Waals surface area contributed by atoms with Gasteiger partial charge in [-0.1, -0.05) is 54.5 Å². The number of rotatable bonds is 6. The molecule has 7 nitrogen and oxygen atoms in total. The van der Waals surface area contributed by atoms with Crippen LogP contribution in [0, 0.1) is 12.3 Å². The quantitative estimate of drug-likeness (QED) is 0.513. The topological polar surface area (TPSA) is 96.0 Å². The predicted octanol–water partition coefficient (Wildman–Crippen LogP) is 2.95. The number of terminal acetylenes is 1. The molecule has 3 rings (SSSR count). The Balaban J connectivity index is 1.67. The maximum absolute atomic E-state index is 12.0. The van der Waals surface area contributed by atoms with Gasteiger partial charge in [0.2, 0.25) is 11.8 Å². The van der Waals surface area contributed by atoms with Gasteiger partial charge < -0.3 is 10.4 Å². The molecule has 0 fully saturated rings. The maximum Gasteiger partial charge on any atom is 0.283 e. The van der Waals surface area contributed by atoms with Crippen molar-refractivity contribution in [1.29, 1.82) is 0 Å². The van der Waals surface area contributed by atoms with E-state index in [2.05, 4.69) is 21.5 Å². The molecular weight excluding hydrogens is 356 g/mol. The fraction of sp³-hybridized carbons (Fsp3) is 0.143. The van der Waals surface area contributed by atoms with Crippen molar-refractivity contribution < 1.29 is 14.7 Å². The number of hydrogen-bond acceptors (Lipinski definition) is 4. The van der Waals surface area contributed by atoms with E-state index < -0.39 is 5.91 Å². The van der Waals surface area contributed by atoms with E-state index in [1.165, 1.54) is 4.57 Å². The summed E-state index contributed by atoms with van der Waals surface area (Å²) in [5, 5.41) is 21.0. The summed E-state index contributed by atoms with van der Waals surface area (Å²) < 4.78 is 1.51. The highest BCUT2D eigenvalue weighted by atomic mass is 16.3. The van der Waals surface area contributed by atoms with Crippen LogP contribution in [0.4, 0.5) is 5.69 Å². The van der Waals surface area contributed by atoms with E-state index >= 15 is 0 Å². The first-order valence-electron chi connectivity index (χ1n) is 8.59. The normalized spacial score (nSPS) is 10.8. The molecule has 2 amide bonds. The van der Waals surface area contributed by atoms with E-state index in [4.69, 9.17) is 6.42 Å². The third-order valence-electron chi connectivity index (χ3n) is 4.07. The Hall–Kier alpha value is -3.92. The Morgan fingerprint density at radius 1 is 1.11 bits per heavy atom. The Bertz CT molecular complexity index is 1080. The zero-order chi connectivity index (χ0) is 19.9. The second-order valence-electron chi connectivity index (χ2n) is 6.01. The minimum absolute atomic E-state index is 0.158. The second kappa shape index (κ2) is 8.64. The molecule has 1 aromatic heterocycles. The van der Waals surface area contributed by atoms with Gasteiger partial charge in [0.15, 0.2) is 5.69 Å². The molecule has 7 heteroatoms. The molecule has 3 aromatic rings. The van der Waals surface area contributed by atoms with Crippen LogP contribution in [0.2, 0.25) is 0 Å². The molecule has 0 saturated carbocycles. The van der Waals surface area contributed by atoms with E-state index in [1.54, 1.807) is 18.2 Å². The summed E-state index contributed by atoms with van der Waals surface area (Å²) in [4.78, 5) is 23.9. The van der Waals surface area contributed by atoms with Gasteiger partial charge in [-0.05, 0) is 11.6 Å². The molecule has 0 atom stereocenters. The standard InChI is InChI=1S/C21H18N4O3/c1-2-12-25-17-11-7-6-10-16(17)20(21(25)28)24-23-19(27)14-22-18(26)13-15-8-4-3-5-9-15/h1,3-11,28H,12-14H2,(H,22,26). The van der Waals surface area contributed by atoms with Crippen LogP contribution in [0.3, 0.4) is 0 Å². The number of hydrogen-bond donors (Lipinski definition) is 2. The van der Waals surface area contributed by atoms with Gasteiger partial charge in [0, 0.05) is 5.39 Å². The van der Waals surface area contributed by atoms with Gasteiger partial charge in [-0.3, -0.25) is 14.2 Å². The maximum atomic E-state index is 12.0. The fourth-order valence-electron chi connectivity index (χ4n) is 2.78. The summed E-state index contributed by atoms with van der Waals surface area (Å²) >= 11 is 0. The molecule has 1 heterocycles. The van der Waals surface area contributed by atoms with Crippen molar-refractivity contribution in [3.05, 3.63) is 60.2 Å². The van der Waals surface area contributed by atoms with E-state index in [0.717, 1.165) is 5.56 Å². The number of nitrogens with one attached hydrogen (secondary N) is 1. The number of carbonyl (C=O) groups is 2. The number of nitrogens with zero attached hydrogens (tertiary/aromatic N) is 3. The van der Waals surface area contributed by atoms with Crippen LogP contribution >= 0.6 is 0 Å². The Morgan fingerprint density at radius 3 is 2.57 bits per heavy atom. The van der Waals surface area contributed by atoms with Gasteiger partial charge in [-0.15, -0.1) is 16.7 Å². The molecule has 0 bridgehead atoms. The molecule has 2 aromatic carbocycles. The van der Waals surface area contributed by atoms with E-state index in [-0.39, 0.29) is 37.0 Å². The van der Waals surface area contributed by atoms with E-state index in [0.29, 0.717) is 10.9 Å².